The van der Waals surface area contributed by atoms with Crippen LogP contribution in [0, 0.1) is 0 Å². The molecule has 0 aromatic rings. The fraction of sp³-hybridized carbons (Fsp3) is 0.625. The molecule has 4 amide bonds. The van der Waals surface area contributed by atoms with Crippen molar-refractivity contribution in [2.24, 2.45) is 11.5 Å². The molecule has 0 saturated heterocycles. The van der Waals surface area contributed by atoms with E-state index in [1.807, 2.05) is 0 Å². The fourth-order valence-electron chi connectivity index (χ4n) is 2.24. The molecule has 0 aliphatic heterocycles. The Morgan fingerprint density at radius 1 is 0.900 bits per heavy atom. The zero-order valence-electron chi connectivity index (χ0n) is 16.4. The minimum Gasteiger partial charge on any atom is -0.481 e. The van der Waals surface area contributed by atoms with Gasteiger partial charge >= 0.3 is 11.9 Å². The zero-order valence-corrected chi connectivity index (χ0v) is 17.2. The summed E-state index contributed by atoms with van der Waals surface area (Å²) in [5, 5.41) is 24.6. The van der Waals surface area contributed by atoms with Gasteiger partial charge in [0.15, 0.2) is 0 Å². The highest BCUT2D eigenvalue weighted by Crippen LogP contribution is 2.05. The Kier molecular flexibility index (Phi) is 12.8. The second kappa shape index (κ2) is 14.2. The molecule has 3 atom stereocenters. The number of carboxylic acids is 2. The average molecular weight is 449 g/mol. The molecule has 170 valence electrons. The first-order valence-corrected chi connectivity index (χ1v) is 10.2. The number of hydrogen-bond acceptors (Lipinski definition) is 8. The van der Waals surface area contributed by atoms with Crippen LogP contribution in [0.1, 0.15) is 25.7 Å². The van der Waals surface area contributed by atoms with E-state index in [1.54, 1.807) is 6.26 Å². The quantitative estimate of drug-likeness (QED) is 0.134. The third-order valence-electron chi connectivity index (χ3n) is 3.75. The van der Waals surface area contributed by atoms with Gasteiger partial charge < -0.3 is 37.6 Å². The molecular weight excluding hydrogens is 422 g/mol. The van der Waals surface area contributed by atoms with Crippen LogP contribution >= 0.6 is 11.8 Å². The number of primary amides is 1. The van der Waals surface area contributed by atoms with Crippen LogP contribution in [0.3, 0.4) is 0 Å². The van der Waals surface area contributed by atoms with Gasteiger partial charge in [0, 0.05) is 6.42 Å². The highest BCUT2D eigenvalue weighted by molar-refractivity contribution is 7.98. The van der Waals surface area contributed by atoms with E-state index in [4.69, 9.17) is 16.6 Å². The third-order valence-corrected chi connectivity index (χ3v) is 4.39. The second-order valence-electron chi connectivity index (χ2n) is 6.17. The molecule has 13 nitrogen and oxygen atoms in total. The van der Waals surface area contributed by atoms with E-state index >= 15 is 0 Å². The van der Waals surface area contributed by atoms with Gasteiger partial charge in [-0.2, -0.15) is 11.8 Å². The van der Waals surface area contributed by atoms with Crippen molar-refractivity contribution in [2.45, 2.75) is 43.8 Å². The number of nitrogens with two attached hydrogens (primary N) is 2. The maximum absolute atomic E-state index is 12.5. The van der Waals surface area contributed by atoms with Crippen LogP contribution in [-0.4, -0.2) is 82.5 Å². The first-order valence-electron chi connectivity index (χ1n) is 8.83. The van der Waals surface area contributed by atoms with Crippen LogP contribution < -0.4 is 27.4 Å². The maximum atomic E-state index is 12.5. The molecule has 9 N–H and O–H groups in total. The molecule has 0 bridgehead atoms. The summed E-state index contributed by atoms with van der Waals surface area (Å²) >= 11 is 1.36. The van der Waals surface area contributed by atoms with E-state index in [1.165, 1.54) is 11.8 Å². The molecule has 0 aromatic heterocycles. The summed E-state index contributed by atoms with van der Waals surface area (Å²) in [4.78, 5) is 69.6. The van der Waals surface area contributed by atoms with Crippen molar-refractivity contribution in [2.75, 3.05) is 18.6 Å². The van der Waals surface area contributed by atoms with Gasteiger partial charge in [0.1, 0.15) is 18.1 Å². The number of thioether (sulfide) groups is 1. The van der Waals surface area contributed by atoms with Gasteiger partial charge in [0.25, 0.3) is 0 Å². The van der Waals surface area contributed by atoms with E-state index in [2.05, 4.69) is 16.0 Å². The Morgan fingerprint density at radius 3 is 1.93 bits per heavy atom. The topological polar surface area (TPSA) is 231 Å². The molecule has 0 aliphatic carbocycles. The Morgan fingerprint density at radius 2 is 1.47 bits per heavy atom. The van der Waals surface area contributed by atoms with E-state index in [0.717, 1.165) is 0 Å². The summed E-state index contributed by atoms with van der Waals surface area (Å²) < 4.78 is 0. The van der Waals surface area contributed by atoms with Crippen LogP contribution in [-0.2, 0) is 28.8 Å². The van der Waals surface area contributed by atoms with E-state index in [0.29, 0.717) is 5.75 Å². The number of carboxylic acid groups (broad SMARTS) is 2. The highest BCUT2D eigenvalue weighted by atomic mass is 32.2. The van der Waals surface area contributed by atoms with Gasteiger partial charge in [-0.1, -0.05) is 0 Å². The molecule has 3 unspecified atom stereocenters. The number of amides is 4. The van der Waals surface area contributed by atoms with Crippen molar-refractivity contribution in [3.63, 3.8) is 0 Å². The summed E-state index contributed by atoms with van der Waals surface area (Å²) in [7, 11) is 0. The summed E-state index contributed by atoms with van der Waals surface area (Å²) in [6.07, 6.45) is 0.491. The minimum absolute atomic E-state index is 0.109. The molecule has 0 heterocycles. The SMILES string of the molecule is CSCCC(NC(=O)C(CC(N)=O)NC(=O)CN)C(=O)NC(CCC(=O)O)C(=O)O. The molecule has 30 heavy (non-hydrogen) atoms. The standard InChI is InChI=1S/C16H27N5O8S/c1-30-5-4-8(14(26)21-9(16(28)29)2-3-13(24)25)20-15(27)10(6-11(18)22)19-12(23)7-17/h8-10H,2-7,17H2,1H3,(H2,18,22)(H,19,23)(H,20,27)(H,21,26)(H,24,25)(H,28,29). The molecule has 14 heteroatoms. The average Bonchev–Trinajstić information content (AvgIpc) is 2.66. The second-order valence-corrected chi connectivity index (χ2v) is 7.15. The largest absolute Gasteiger partial charge is 0.481 e. The predicted octanol–water partition coefficient (Wildman–Crippen LogP) is -3.02. The van der Waals surface area contributed by atoms with E-state index in [9.17, 15) is 33.9 Å². The molecule has 0 spiro atoms. The molecule has 0 saturated carbocycles. The van der Waals surface area contributed by atoms with Crippen LogP contribution in [0.5, 0.6) is 0 Å². The van der Waals surface area contributed by atoms with Gasteiger partial charge in [-0.25, -0.2) is 4.79 Å². The Bertz CT molecular complexity index is 660. The van der Waals surface area contributed by atoms with Gasteiger partial charge in [0.05, 0.1) is 13.0 Å². The van der Waals surface area contributed by atoms with Crippen molar-refractivity contribution in [3.05, 3.63) is 0 Å². The number of carbonyl (C=O) groups is 6. The molecular formula is C16H27N5O8S. The predicted molar refractivity (Wildman–Crippen MR) is 106 cm³/mol. The summed E-state index contributed by atoms with van der Waals surface area (Å²) in [5.41, 5.74) is 10.3. The number of nitrogens with one attached hydrogen (secondary N) is 3. The van der Waals surface area contributed by atoms with Gasteiger partial charge in [-0.3, -0.25) is 24.0 Å². The van der Waals surface area contributed by atoms with E-state index < -0.39 is 73.1 Å². The lowest BCUT2D eigenvalue weighted by molar-refractivity contribution is -0.143. The highest BCUT2D eigenvalue weighted by Gasteiger charge is 2.30. The molecule has 0 radical (unpaired) electrons. The maximum Gasteiger partial charge on any atom is 0.326 e. The minimum atomic E-state index is -1.47. The lowest BCUT2D eigenvalue weighted by Gasteiger charge is -2.24. The van der Waals surface area contributed by atoms with Crippen molar-refractivity contribution < 1.29 is 39.0 Å². The lowest BCUT2D eigenvalue weighted by atomic mass is 10.1. The van der Waals surface area contributed by atoms with Gasteiger partial charge in [-0.15, -0.1) is 0 Å². The number of carbonyl (C=O) groups excluding carboxylic acids is 4. The Hall–Kier alpha value is -2.87. The molecule has 0 rings (SSSR count). The van der Waals surface area contributed by atoms with Crippen LogP contribution in [0.25, 0.3) is 0 Å². The summed E-state index contributed by atoms with van der Waals surface area (Å²) in [6.45, 7) is -0.442. The first-order chi connectivity index (χ1) is 14.0. The van der Waals surface area contributed by atoms with Gasteiger partial charge in [-0.05, 0) is 24.9 Å². The molecule has 0 aromatic carbocycles. The van der Waals surface area contributed by atoms with E-state index in [-0.39, 0.29) is 12.8 Å². The number of rotatable bonds is 15. The number of aliphatic carboxylic acids is 2. The monoisotopic (exact) mass is 449 g/mol. The van der Waals surface area contributed by atoms with Crippen LogP contribution in [0.2, 0.25) is 0 Å². The molecule has 0 aliphatic rings. The van der Waals surface area contributed by atoms with Crippen molar-refractivity contribution in [1.29, 1.82) is 0 Å². The smallest absolute Gasteiger partial charge is 0.326 e. The third kappa shape index (κ3) is 11.2. The Balaban J connectivity index is 5.33. The van der Waals surface area contributed by atoms with Crippen molar-refractivity contribution in [1.82, 2.24) is 16.0 Å². The zero-order chi connectivity index (χ0) is 23.3. The fourth-order valence-corrected chi connectivity index (χ4v) is 2.71. The molecule has 0 fully saturated rings. The van der Waals surface area contributed by atoms with Crippen LogP contribution in [0.15, 0.2) is 0 Å². The van der Waals surface area contributed by atoms with Crippen molar-refractivity contribution in [3.8, 4) is 0 Å². The van der Waals surface area contributed by atoms with Crippen molar-refractivity contribution >= 4 is 47.3 Å². The lowest BCUT2D eigenvalue weighted by Crippen LogP contribution is -2.57. The van der Waals surface area contributed by atoms with Gasteiger partial charge in [0.2, 0.25) is 23.6 Å². The summed E-state index contributed by atoms with van der Waals surface area (Å²) in [5.74, 6) is -5.57. The normalized spacial score (nSPS) is 13.4. The number of hydrogen-bond donors (Lipinski definition) is 7. The Labute approximate surface area is 176 Å². The first kappa shape index (κ1) is 27.1. The van der Waals surface area contributed by atoms with Crippen LogP contribution in [0.4, 0.5) is 0 Å². The summed E-state index contributed by atoms with van der Waals surface area (Å²) in [6, 6.07) is -4.03.